The Morgan fingerprint density at radius 2 is 1.58 bits per heavy atom. The van der Waals surface area contributed by atoms with Crippen LogP contribution in [0.25, 0.3) is 0 Å². The smallest absolute Gasteiger partial charge is 0.459 e. The monoisotopic (exact) mass is 280 g/mol. The summed E-state index contributed by atoms with van der Waals surface area (Å²) < 4.78 is 39.4. The third-order valence-corrected chi connectivity index (χ3v) is 2.62. The van der Waals surface area contributed by atoms with Crippen LogP contribution in [0.2, 0.25) is 0 Å². The van der Waals surface area contributed by atoms with Crippen LogP contribution >= 0.6 is 0 Å². The lowest BCUT2D eigenvalue weighted by Gasteiger charge is -2.06. The van der Waals surface area contributed by atoms with E-state index in [0.29, 0.717) is 6.42 Å². The predicted molar refractivity (Wildman–Crippen MR) is 68.8 cm³/mol. The van der Waals surface area contributed by atoms with E-state index < -0.39 is 12.1 Å². The van der Waals surface area contributed by atoms with E-state index in [1.54, 1.807) is 0 Å². The molecule has 0 rings (SSSR count). The van der Waals surface area contributed by atoms with Gasteiger partial charge >= 0.3 is 12.1 Å². The Morgan fingerprint density at radius 3 is 2.16 bits per heavy atom. The molecule has 0 aromatic carbocycles. The highest BCUT2D eigenvalue weighted by molar-refractivity contribution is 5.75. The van der Waals surface area contributed by atoms with Gasteiger partial charge in [-0.05, 0) is 25.7 Å². The first kappa shape index (κ1) is 18.0. The van der Waals surface area contributed by atoms with Crippen molar-refractivity contribution in [1.29, 1.82) is 0 Å². The minimum Gasteiger partial charge on any atom is -0.459 e. The second kappa shape index (κ2) is 10.9. The fraction of sp³-hybridized carbons (Fsp3) is 0.786. The molecule has 0 unspecified atom stereocenters. The van der Waals surface area contributed by atoms with Crippen molar-refractivity contribution < 1.29 is 22.7 Å². The van der Waals surface area contributed by atoms with E-state index in [-0.39, 0.29) is 6.61 Å². The molecule has 0 aliphatic carbocycles. The Morgan fingerprint density at radius 1 is 1.00 bits per heavy atom. The highest BCUT2D eigenvalue weighted by atomic mass is 19.4. The molecule has 19 heavy (non-hydrogen) atoms. The molecule has 0 amide bonds. The summed E-state index contributed by atoms with van der Waals surface area (Å²) in [4.78, 5) is 10.4. The van der Waals surface area contributed by atoms with Crippen molar-refractivity contribution in [1.82, 2.24) is 0 Å². The van der Waals surface area contributed by atoms with Gasteiger partial charge in [-0.3, -0.25) is 0 Å². The summed E-state index contributed by atoms with van der Waals surface area (Å²) in [7, 11) is 0. The van der Waals surface area contributed by atoms with Crippen LogP contribution in [-0.4, -0.2) is 18.8 Å². The Balaban J connectivity index is 3.28. The summed E-state index contributed by atoms with van der Waals surface area (Å²) >= 11 is 0. The number of unbranched alkanes of at least 4 members (excludes halogenated alkanes) is 6. The zero-order valence-corrected chi connectivity index (χ0v) is 11.5. The van der Waals surface area contributed by atoms with Crippen LogP contribution in [0.1, 0.15) is 58.3 Å². The molecule has 5 heteroatoms. The van der Waals surface area contributed by atoms with Gasteiger partial charge in [-0.25, -0.2) is 4.79 Å². The first-order valence-corrected chi connectivity index (χ1v) is 6.87. The zero-order chi connectivity index (χ0) is 14.6. The largest absolute Gasteiger partial charge is 0.490 e. The van der Waals surface area contributed by atoms with Crippen LogP contribution in [0.5, 0.6) is 0 Å². The number of carbonyl (C=O) groups excluding carboxylic acids is 1. The Hall–Kier alpha value is -1.00. The van der Waals surface area contributed by atoms with Gasteiger partial charge in [0, 0.05) is 0 Å². The van der Waals surface area contributed by atoms with Gasteiger partial charge in [0.1, 0.15) is 0 Å². The number of carbonyl (C=O) groups is 1. The lowest BCUT2D eigenvalue weighted by atomic mass is 10.1. The Labute approximate surface area is 113 Å². The summed E-state index contributed by atoms with van der Waals surface area (Å²) in [6.45, 7) is 2.00. The minimum absolute atomic E-state index is 0.148. The topological polar surface area (TPSA) is 26.3 Å². The number of allylic oxidation sites excluding steroid dienone is 2. The van der Waals surface area contributed by atoms with E-state index in [1.807, 2.05) is 0 Å². The van der Waals surface area contributed by atoms with Gasteiger partial charge in [0.2, 0.25) is 0 Å². The van der Waals surface area contributed by atoms with Crippen molar-refractivity contribution in [2.45, 2.75) is 64.5 Å². The van der Waals surface area contributed by atoms with Gasteiger partial charge < -0.3 is 4.74 Å². The van der Waals surface area contributed by atoms with Gasteiger partial charge in [0.15, 0.2) is 0 Å². The number of esters is 1. The van der Waals surface area contributed by atoms with E-state index in [9.17, 15) is 18.0 Å². The summed E-state index contributed by atoms with van der Waals surface area (Å²) in [5.41, 5.74) is 0. The number of hydrogen-bond donors (Lipinski definition) is 0. The predicted octanol–water partition coefficient (Wildman–Crippen LogP) is 4.79. The molecule has 0 aromatic heterocycles. The van der Waals surface area contributed by atoms with Gasteiger partial charge in [-0.2, -0.15) is 13.2 Å². The Bertz CT molecular complexity index is 260. The number of hydrogen-bond acceptors (Lipinski definition) is 2. The second-order valence-corrected chi connectivity index (χ2v) is 4.45. The van der Waals surface area contributed by atoms with Crippen LogP contribution in [0.3, 0.4) is 0 Å². The van der Waals surface area contributed by atoms with Crippen LogP contribution in [0, 0.1) is 0 Å². The van der Waals surface area contributed by atoms with Gasteiger partial charge in [0.05, 0.1) is 6.61 Å². The molecule has 0 saturated carbocycles. The first-order chi connectivity index (χ1) is 8.98. The molecule has 0 N–H and O–H groups in total. The highest BCUT2D eigenvalue weighted by Gasteiger charge is 2.40. The SMILES string of the molecule is CCCC/C=C\CCCCCCOC(=O)C(F)(F)F. The molecule has 0 radical (unpaired) electrons. The van der Waals surface area contributed by atoms with E-state index in [2.05, 4.69) is 23.8 Å². The minimum atomic E-state index is -4.87. The van der Waals surface area contributed by atoms with E-state index in [4.69, 9.17) is 0 Å². The normalized spacial score (nSPS) is 12.0. The van der Waals surface area contributed by atoms with Crippen molar-refractivity contribution in [2.24, 2.45) is 0 Å². The molecule has 0 heterocycles. The van der Waals surface area contributed by atoms with Crippen molar-refractivity contribution in [3.05, 3.63) is 12.2 Å². The number of halogens is 3. The quantitative estimate of drug-likeness (QED) is 0.327. The standard InChI is InChI=1S/C14H23F3O2/c1-2-3-4-5-6-7-8-9-10-11-12-19-13(18)14(15,16)17/h5-6H,2-4,7-12H2,1H3/b6-5-. The fourth-order valence-electron chi connectivity index (χ4n) is 1.52. The molecule has 0 atom stereocenters. The van der Waals surface area contributed by atoms with Crippen molar-refractivity contribution in [3.63, 3.8) is 0 Å². The molecule has 0 bridgehead atoms. The maximum absolute atomic E-state index is 11.8. The average Bonchev–Trinajstić information content (AvgIpc) is 2.34. The molecular weight excluding hydrogens is 257 g/mol. The number of alkyl halides is 3. The number of rotatable bonds is 10. The fourth-order valence-corrected chi connectivity index (χ4v) is 1.52. The molecule has 2 nitrogen and oxygen atoms in total. The summed E-state index contributed by atoms with van der Waals surface area (Å²) in [6, 6.07) is 0. The number of ether oxygens (including phenoxy) is 1. The van der Waals surface area contributed by atoms with Crippen LogP contribution in [-0.2, 0) is 9.53 Å². The Kier molecular flexibility index (Phi) is 10.3. The third-order valence-electron chi connectivity index (χ3n) is 2.62. The molecule has 112 valence electrons. The average molecular weight is 280 g/mol. The maximum Gasteiger partial charge on any atom is 0.490 e. The van der Waals surface area contributed by atoms with Crippen LogP contribution < -0.4 is 0 Å². The lowest BCUT2D eigenvalue weighted by molar-refractivity contribution is -0.199. The molecule has 0 aliphatic rings. The molecule has 0 saturated heterocycles. The molecule has 0 spiro atoms. The summed E-state index contributed by atoms with van der Waals surface area (Å²) in [5, 5.41) is 0. The second-order valence-electron chi connectivity index (χ2n) is 4.45. The maximum atomic E-state index is 11.8. The summed E-state index contributed by atoms with van der Waals surface area (Å²) in [6.07, 6.45) is 7.22. The third kappa shape index (κ3) is 11.8. The van der Waals surface area contributed by atoms with Gasteiger partial charge in [0.25, 0.3) is 0 Å². The van der Waals surface area contributed by atoms with Gasteiger partial charge in [-0.1, -0.05) is 44.8 Å². The molecule has 0 aliphatic heterocycles. The first-order valence-electron chi connectivity index (χ1n) is 6.87. The molecule has 0 fully saturated rings. The highest BCUT2D eigenvalue weighted by Crippen LogP contribution is 2.16. The van der Waals surface area contributed by atoms with Gasteiger partial charge in [-0.15, -0.1) is 0 Å². The summed E-state index contributed by atoms with van der Waals surface area (Å²) in [5.74, 6) is -2.09. The molecular formula is C14H23F3O2. The van der Waals surface area contributed by atoms with Crippen molar-refractivity contribution in [3.8, 4) is 0 Å². The zero-order valence-electron chi connectivity index (χ0n) is 11.5. The van der Waals surface area contributed by atoms with Crippen molar-refractivity contribution in [2.75, 3.05) is 6.61 Å². The van der Waals surface area contributed by atoms with E-state index >= 15 is 0 Å². The van der Waals surface area contributed by atoms with E-state index in [1.165, 1.54) is 12.8 Å². The lowest BCUT2D eigenvalue weighted by Crippen LogP contribution is -2.25. The molecule has 0 aromatic rings. The van der Waals surface area contributed by atoms with Crippen LogP contribution in [0.4, 0.5) is 13.2 Å². The van der Waals surface area contributed by atoms with Crippen molar-refractivity contribution >= 4 is 5.97 Å². The van der Waals surface area contributed by atoms with Crippen LogP contribution in [0.15, 0.2) is 12.2 Å². The van der Waals surface area contributed by atoms with E-state index in [0.717, 1.165) is 32.1 Å².